The van der Waals surface area contributed by atoms with Crippen LogP contribution in [0.1, 0.15) is 27.8 Å². The fourth-order valence-electron chi connectivity index (χ4n) is 3.86. The maximum Gasteiger partial charge on any atom is 0.335 e. The van der Waals surface area contributed by atoms with Crippen LogP contribution in [0.3, 0.4) is 0 Å². The summed E-state index contributed by atoms with van der Waals surface area (Å²) in [7, 11) is 0. The van der Waals surface area contributed by atoms with Crippen LogP contribution in [0.15, 0.2) is 85.0 Å². The largest absolute Gasteiger partial charge is 0.489 e. The molecular formula is C29H26N2O4. The molecule has 0 unspecified atom stereocenters. The van der Waals surface area contributed by atoms with Gasteiger partial charge in [0.05, 0.1) is 5.69 Å². The van der Waals surface area contributed by atoms with Gasteiger partial charge >= 0.3 is 6.03 Å². The standard InChI is InChI=1S/C29H26N2O4/c1-4-6-23-16-21(11-14-26(23)35-18-22-8-5-7-20(3)15-22)17-25-27(32)30-29(34)31(28(25)33)24-12-9-19(2)10-13-24/h4-5,7-17H,1,6,18H2,2-3H3,(H,30,32,34)/b25-17+. The molecule has 35 heavy (non-hydrogen) atoms. The number of rotatable bonds is 7. The zero-order chi connectivity index (χ0) is 24.9. The Morgan fingerprint density at radius 3 is 2.43 bits per heavy atom. The molecule has 1 aliphatic rings. The molecule has 1 aliphatic heterocycles. The average molecular weight is 467 g/mol. The van der Waals surface area contributed by atoms with Crippen molar-refractivity contribution in [3.05, 3.63) is 113 Å². The summed E-state index contributed by atoms with van der Waals surface area (Å²) in [5.74, 6) is -0.703. The van der Waals surface area contributed by atoms with E-state index in [9.17, 15) is 14.4 Å². The van der Waals surface area contributed by atoms with Crippen molar-refractivity contribution in [1.29, 1.82) is 0 Å². The van der Waals surface area contributed by atoms with Gasteiger partial charge in [-0.1, -0.05) is 59.7 Å². The van der Waals surface area contributed by atoms with E-state index in [1.807, 2.05) is 44.2 Å². The van der Waals surface area contributed by atoms with Gasteiger partial charge in [-0.3, -0.25) is 14.9 Å². The molecule has 6 heteroatoms. The van der Waals surface area contributed by atoms with Crippen molar-refractivity contribution in [2.24, 2.45) is 0 Å². The van der Waals surface area contributed by atoms with Crippen LogP contribution in [0, 0.1) is 13.8 Å². The van der Waals surface area contributed by atoms with Gasteiger partial charge in [0.2, 0.25) is 0 Å². The van der Waals surface area contributed by atoms with Crippen LogP contribution in [-0.2, 0) is 22.6 Å². The van der Waals surface area contributed by atoms with Crippen molar-refractivity contribution in [3.8, 4) is 5.75 Å². The molecule has 3 aromatic rings. The van der Waals surface area contributed by atoms with E-state index in [-0.39, 0.29) is 5.57 Å². The molecule has 3 aromatic carbocycles. The Labute approximate surface area is 204 Å². The molecule has 176 valence electrons. The van der Waals surface area contributed by atoms with Crippen molar-refractivity contribution in [2.75, 3.05) is 4.90 Å². The molecule has 1 N–H and O–H groups in total. The SMILES string of the molecule is C=CCc1cc(/C=C2\C(=O)NC(=O)N(c3ccc(C)cc3)C2=O)ccc1OCc1cccc(C)c1. The lowest BCUT2D eigenvalue weighted by Crippen LogP contribution is -2.54. The fourth-order valence-corrected chi connectivity index (χ4v) is 3.86. The van der Waals surface area contributed by atoms with E-state index in [0.717, 1.165) is 27.2 Å². The second-order valence-electron chi connectivity index (χ2n) is 8.43. The highest BCUT2D eigenvalue weighted by Crippen LogP contribution is 2.26. The van der Waals surface area contributed by atoms with Gasteiger partial charge in [0.15, 0.2) is 0 Å². The predicted octanol–water partition coefficient (Wildman–Crippen LogP) is 5.28. The molecule has 0 saturated carbocycles. The summed E-state index contributed by atoms with van der Waals surface area (Å²) in [6.45, 7) is 8.18. The van der Waals surface area contributed by atoms with Gasteiger partial charge in [-0.05, 0) is 67.3 Å². The summed E-state index contributed by atoms with van der Waals surface area (Å²) in [6.07, 6.45) is 3.80. The van der Waals surface area contributed by atoms with Crippen LogP contribution in [-0.4, -0.2) is 17.8 Å². The van der Waals surface area contributed by atoms with Crippen molar-refractivity contribution in [2.45, 2.75) is 26.9 Å². The smallest absolute Gasteiger partial charge is 0.335 e. The predicted molar refractivity (Wildman–Crippen MR) is 136 cm³/mol. The Bertz CT molecular complexity index is 1340. The lowest BCUT2D eigenvalue weighted by molar-refractivity contribution is -0.122. The second kappa shape index (κ2) is 10.2. The molecule has 0 spiro atoms. The third-order valence-electron chi connectivity index (χ3n) is 5.63. The third kappa shape index (κ3) is 5.38. The summed E-state index contributed by atoms with van der Waals surface area (Å²) in [5, 5.41) is 2.26. The lowest BCUT2D eigenvalue weighted by Gasteiger charge is -2.26. The first-order valence-corrected chi connectivity index (χ1v) is 11.3. The quantitative estimate of drug-likeness (QED) is 0.292. The molecule has 6 nitrogen and oxygen atoms in total. The number of anilines is 1. The maximum absolute atomic E-state index is 13.1. The van der Waals surface area contributed by atoms with E-state index < -0.39 is 17.8 Å². The second-order valence-corrected chi connectivity index (χ2v) is 8.43. The van der Waals surface area contributed by atoms with Crippen molar-refractivity contribution in [3.63, 3.8) is 0 Å². The van der Waals surface area contributed by atoms with Crippen molar-refractivity contribution < 1.29 is 19.1 Å². The molecule has 4 rings (SSSR count). The minimum Gasteiger partial charge on any atom is -0.489 e. The molecule has 1 saturated heterocycles. The Balaban J connectivity index is 1.61. The molecule has 0 aliphatic carbocycles. The Morgan fingerprint density at radius 2 is 1.71 bits per heavy atom. The van der Waals surface area contributed by atoms with Gasteiger partial charge in [0, 0.05) is 0 Å². The average Bonchev–Trinajstić information content (AvgIpc) is 2.82. The first-order valence-electron chi connectivity index (χ1n) is 11.3. The number of carbonyl (C=O) groups is 3. The van der Waals surface area contributed by atoms with E-state index >= 15 is 0 Å². The molecule has 0 aromatic heterocycles. The number of amides is 4. The summed E-state index contributed by atoms with van der Waals surface area (Å²) < 4.78 is 6.05. The van der Waals surface area contributed by atoms with Crippen molar-refractivity contribution in [1.82, 2.24) is 5.32 Å². The normalized spacial score (nSPS) is 14.7. The number of ether oxygens (including phenoxy) is 1. The van der Waals surface area contributed by atoms with Gasteiger partial charge < -0.3 is 4.74 Å². The van der Waals surface area contributed by atoms with Crippen LogP contribution in [0.25, 0.3) is 6.08 Å². The van der Waals surface area contributed by atoms with Crippen LogP contribution < -0.4 is 15.0 Å². The number of aryl methyl sites for hydroxylation is 2. The number of barbiturate groups is 1. The number of benzene rings is 3. The molecule has 0 radical (unpaired) electrons. The highest BCUT2D eigenvalue weighted by atomic mass is 16.5. The fraction of sp³-hybridized carbons (Fsp3) is 0.138. The molecule has 0 atom stereocenters. The molecule has 4 amide bonds. The number of nitrogens with zero attached hydrogens (tertiary/aromatic N) is 1. The zero-order valence-corrected chi connectivity index (χ0v) is 19.7. The van der Waals surface area contributed by atoms with Crippen LogP contribution >= 0.6 is 0 Å². The Hall–Kier alpha value is -4.45. The van der Waals surface area contributed by atoms with Gasteiger partial charge in [-0.2, -0.15) is 0 Å². The lowest BCUT2D eigenvalue weighted by atomic mass is 10.0. The molecular weight excluding hydrogens is 440 g/mol. The molecule has 1 fully saturated rings. The Morgan fingerprint density at radius 1 is 0.943 bits per heavy atom. The zero-order valence-electron chi connectivity index (χ0n) is 19.7. The van der Waals surface area contributed by atoms with Gasteiger partial charge in [0.1, 0.15) is 17.9 Å². The van der Waals surface area contributed by atoms with Gasteiger partial charge in [-0.25, -0.2) is 9.69 Å². The highest BCUT2D eigenvalue weighted by Gasteiger charge is 2.36. The van der Waals surface area contributed by atoms with Crippen molar-refractivity contribution >= 4 is 29.6 Å². The minimum absolute atomic E-state index is 0.122. The number of hydrogen-bond donors (Lipinski definition) is 1. The third-order valence-corrected chi connectivity index (χ3v) is 5.63. The number of imide groups is 2. The number of allylic oxidation sites excluding steroid dienone is 1. The summed E-state index contributed by atoms with van der Waals surface area (Å²) in [5.41, 5.74) is 4.99. The van der Waals surface area contributed by atoms with Gasteiger partial charge in [0.25, 0.3) is 11.8 Å². The summed E-state index contributed by atoms with van der Waals surface area (Å²) in [4.78, 5) is 39.0. The summed E-state index contributed by atoms with van der Waals surface area (Å²) >= 11 is 0. The minimum atomic E-state index is -0.770. The first kappa shape index (κ1) is 23.7. The van der Waals surface area contributed by atoms with Crippen LogP contribution in [0.2, 0.25) is 0 Å². The highest BCUT2D eigenvalue weighted by molar-refractivity contribution is 6.39. The van der Waals surface area contributed by atoms with E-state index in [0.29, 0.717) is 30.0 Å². The van der Waals surface area contributed by atoms with Crippen LogP contribution in [0.4, 0.5) is 10.5 Å². The van der Waals surface area contributed by atoms with E-state index in [1.165, 1.54) is 6.08 Å². The van der Waals surface area contributed by atoms with Crippen LogP contribution in [0.5, 0.6) is 5.75 Å². The molecule has 1 heterocycles. The molecule has 0 bridgehead atoms. The van der Waals surface area contributed by atoms with E-state index in [2.05, 4.69) is 18.0 Å². The van der Waals surface area contributed by atoms with E-state index in [1.54, 1.807) is 36.4 Å². The topological polar surface area (TPSA) is 75.7 Å². The number of nitrogens with one attached hydrogen (secondary N) is 1. The Kier molecular flexibility index (Phi) is 6.92. The monoisotopic (exact) mass is 466 g/mol. The van der Waals surface area contributed by atoms with Gasteiger partial charge in [-0.15, -0.1) is 6.58 Å². The first-order chi connectivity index (χ1) is 16.9. The summed E-state index contributed by atoms with van der Waals surface area (Å²) in [6, 6.07) is 19.7. The number of urea groups is 1. The van der Waals surface area contributed by atoms with E-state index in [4.69, 9.17) is 4.74 Å². The number of carbonyl (C=O) groups excluding carboxylic acids is 3. The number of hydrogen-bond acceptors (Lipinski definition) is 4. The maximum atomic E-state index is 13.1.